The molecule has 1 heterocycles. The van der Waals surface area contributed by atoms with E-state index in [1.54, 1.807) is 12.2 Å². The molecule has 2 N–H and O–H groups in total. The van der Waals surface area contributed by atoms with E-state index in [4.69, 9.17) is 9.84 Å². The topological polar surface area (TPSA) is 88.5 Å². The molecule has 2 rings (SSSR count). The second-order valence-corrected chi connectivity index (χ2v) is 5.28. The van der Waals surface area contributed by atoms with Gasteiger partial charge in [0.1, 0.15) is 16.5 Å². The van der Waals surface area contributed by atoms with Gasteiger partial charge >= 0.3 is 12.1 Å². The third-order valence-electron chi connectivity index (χ3n) is 2.57. The maximum absolute atomic E-state index is 11.5. The summed E-state index contributed by atoms with van der Waals surface area (Å²) >= 11 is 1.07. The van der Waals surface area contributed by atoms with Crippen molar-refractivity contribution in [3.63, 3.8) is 0 Å². The highest BCUT2D eigenvalue weighted by atomic mass is 32.1. The average molecular weight is 318 g/mol. The minimum atomic E-state index is -1.00. The van der Waals surface area contributed by atoms with Crippen LogP contribution in [-0.4, -0.2) is 28.7 Å². The standard InChI is InChI=1S/C15H14N2O4S/c18-14(19)12-9-17-13(22-12)7-4-8-16-15(20)21-10-11-5-2-1-3-6-11/h1-7,9H,8,10H2,(H,16,20)(H,18,19). The first-order chi connectivity index (χ1) is 10.6. The molecule has 22 heavy (non-hydrogen) atoms. The number of ether oxygens (including phenoxy) is 1. The lowest BCUT2D eigenvalue weighted by Gasteiger charge is -2.04. The highest BCUT2D eigenvalue weighted by Crippen LogP contribution is 2.13. The lowest BCUT2D eigenvalue weighted by Crippen LogP contribution is -2.24. The number of amides is 1. The number of nitrogens with zero attached hydrogens (tertiary/aromatic N) is 1. The van der Waals surface area contributed by atoms with Crippen LogP contribution in [0.1, 0.15) is 20.2 Å². The fraction of sp³-hybridized carbons (Fsp3) is 0.133. The number of alkyl carbamates (subject to hydrolysis) is 1. The van der Waals surface area contributed by atoms with Crippen molar-refractivity contribution in [1.29, 1.82) is 0 Å². The Kier molecular flexibility index (Phi) is 5.67. The number of rotatable bonds is 6. The van der Waals surface area contributed by atoms with Gasteiger partial charge in [0.15, 0.2) is 0 Å². The van der Waals surface area contributed by atoms with Gasteiger partial charge in [0, 0.05) is 6.54 Å². The molecule has 2 aromatic rings. The molecule has 0 radical (unpaired) electrons. The number of hydrogen-bond acceptors (Lipinski definition) is 5. The number of hydrogen-bond donors (Lipinski definition) is 2. The van der Waals surface area contributed by atoms with Crippen LogP contribution < -0.4 is 5.32 Å². The number of benzene rings is 1. The van der Waals surface area contributed by atoms with Gasteiger partial charge in [-0.3, -0.25) is 0 Å². The molecule has 7 heteroatoms. The molecule has 0 aliphatic rings. The van der Waals surface area contributed by atoms with E-state index < -0.39 is 12.1 Å². The molecule has 1 amide bonds. The van der Waals surface area contributed by atoms with Gasteiger partial charge in [-0.15, -0.1) is 11.3 Å². The lowest BCUT2D eigenvalue weighted by atomic mass is 10.2. The van der Waals surface area contributed by atoms with Crippen molar-refractivity contribution in [3.8, 4) is 0 Å². The van der Waals surface area contributed by atoms with Crippen LogP contribution in [0, 0.1) is 0 Å². The Morgan fingerprint density at radius 1 is 1.32 bits per heavy atom. The van der Waals surface area contributed by atoms with Crippen molar-refractivity contribution in [2.45, 2.75) is 6.61 Å². The van der Waals surface area contributed by atoms with E-state index in [0.717, 1.165) is 16.9 Å². The van der Waals surface area contributed by atoms with Gasteiger partial charge in [0.25, 0.3) is 0 Å². The number of carboxylic acid groups (broad SMARTS) is 1. The zero-order valence-corrected chi connectivity index (χ0v) is 12.4. The molecule has 1 aromatic heterocycles. The molecule has 0 aliphatic carbocycles. The van der Waals surface area contributed by atoms with Crippen LogP contribution >= 0.6 is 11.3 Å². The fourth-order valence-corrected chi connectivity index (χ4v) is 2.23. The van der Waals surface area contributed by atoms with E-state index in [1.165, 1.54) is 6.20 Å². The SMILES string of the molecule is O=C(NCC=Cc1ncc(C(=O)O)s1)OCc1ccccc1. The molecule has 1 aromatic carbocycles. The first-order valence-corrected chi connectivity index (χ1v) is 7.27. The zero-order chi connectivity index (χ0) is 15.8. The summed E-state index contributed by atoms with van der Waals surface area (Å²) < 4.78 is 5.04. The van der Waals surface area contributed by atoms with E-state index in [9.17, 15) is 9.59 Å². The van der Waals surface area contributed by atoms with Crippen LogP contribution in [0.15, 0.2) is 42.6 Å². The second-order valence-electron chi connectivity index (χ2n) is 4.21. The maximum atomic E-state index is 11.5. The number of carbonyl (C=O) groups excluding carboxylic acids is 1. The predicted octanol–water partition coefficient (Wildman–Crippen LogP) is 2.78. The van der Waals surface area contributed by atoms with Crippen molar-refractivity contribution in [2.24, 2.45) is 0 Å². The Morgan fingerprint density at radius 2 is 2.09 bits per heavy atom. The van der Waals surface area contributed by atoms with E-state index in [1.807, 2.05) is 30.3 Å². The molecule has 0 bridgehead atoms. The quantitative estimate of drug-likeness (QED) is 0.855. The minimum Gasteiger partial charge on any atom is -0.477 e. The minimum absolute atomic E-state index is 0.176. The molecule has 114 valence electrons. The van der Waals surface area contributed by atoms with Crippen molar-refractivity contribution < 1.29 is 19.4 Å². The summed E-state index contributed by atoms with van der Waals surface area (Å²) in [4.78, 5) is 26.3. The van der Waals surface area contributed by atoms with Crippen LogP contribution in [0.2, 0.25) is 0 Å². The number of aromatic nitrogens is 1. The predicted molar refractivity (Wildman–Crippen MR) is 82.7 cm³/mol. The summed E-state index contributed by atoms with van der Waals surface area (Å²) in [5.41, 5.74) is 0.914. The first-order valence-electron chi connectivity index (χ1n) is 6.45. The third-order valence-corrected chi connectivity index (χ3v) is 3.52. The monoisotopic (exact) mass is 318 g/mol. The normalized spacial score (nSPS) is 10.5. The summed E-state index contributed by atoms with van der Waals surface area (Å²) in [6, 6.07) is 9.38. The molecule has 0 saturated heterocycles. The van der Waals surface area contributed by atoms with E-state index in [2.05, 4.69) is 10.3 Å². The van der Waals surface area contributed by atoms with E-state index in [-0.39, 0.29) is 18.0 Å². The summed E-state index contributed by atoms with van der Waals surface area (Å²) in [5.74, 6) is -1.00. The molecular weight excluding hydrogens is 304 g/mol. The average Bonchev–Trinajstić information content (AvgIpc) is 3.00. The Labute approximate surface area is 131 Å². The third kappa shape index (κ3) is 5.02. The molecule has 0 aliphatic heterocycles. The summed E-state index contributed by atoms with van der Waals surface area (Å²) in [6.07, 6.45) is 4.11. The summed E-state index contributed by atoms with van der Waals surface area (Å²) in [7, 11) is 0. The summed E-state index contributed by atoms with van der Waals surface area (Å²) in [5, 5.41) is 11.9. The van der Waals surface area contributed by atoms with Gasteiger partial charge < -0.3 is 15.2 Å². The van der Waals surface area contributed by atoms with Gasteiger partial charge in [-0.05, 0) is 11.6 Å². The Hall–Kier alpha value is -2.67. The van der Waals surface area contributed by atoms with Gasteiger partial charge in [0.2, 0.25) is 0 Å². The van der Waals surface area contributed by atoms with Crippen LogP contribution in [0.4, 0.5) is 4.79 Å². The smallest absolute Gasteiger partial charge is 0.407 e. The molecule has 0 atom stereocenters. The van der Waals surface area contributed by atoms with E-state index >= 15 is 0 Å². The number of carbonyl (C=O) groups is 2. The molecule has 0 saturated carbocycles. The lowest BCUT2D eigenvalue weighted by molar-refractivity contribution is 0.0702. The first kappa shape index (κ1) is 15.7. The number of thiazole rings is 1. The van der Waals surface area contributed by atoms with Gasteiger partial charge in [-0.2, -0.15) is 0 Å². The second kappa shape index (κ2) is 7.94. The maximum Gasteiger partial charge on any atom is 0.407 e. The van der Waals surface area contributed by atoms with Crippen LogP contribution in [-0.2, 0) is 11.3 Å². The summed E-state index contributed by atoms with van der Waals surface area (Å²) in [6.45, 7) is 0.487. The Morgan fingerprint density at radius 3 is 2.77 bits per heavy atom. The molecule has 0 spiro atoms. The van der Waals surface area contributed by atoms with Crippen molar-refractivity contribution in [3.05, 3.63) is 58.1 Å². The highest BCUT2D eigenvalue weighted by Gasteiger charge is 2.06. The molecule has 0 fully saturated rings. The number of nitrogens with one attached hydrogen (secondary N) is 1. The van der Waals surface area contributed by atoms with Crippen LogP contribution in [0.3, 0.4) is 0 Å². The fourth-order valence-electron chi connectivity index (χ4n) is 1.54. The zero-order valence-electron chi connectivity index (χ0n) is 11.6. The largest absolute Gasteiger partial charge is 0.477 e. The van der Waals surface area contributed by atoms with Gasteiger partial charge in [0.05, 0.1) is 6.20 Å². The Balaban J connectivity index is 1.70. The van der Waals surface area contributed by atoms with Gasteiger partial charge in [-0.25, -0.2) is 14.6 Å². The van der Waals surface area contributed by atoms with E-state index in [0.29, 0.717) is 5.01 Å². The highest BCUT2D eigenvalue weighted by molar-refractivity contribution is 7.14. The number of aromatic carboxylic acids is 1. The van der Waals surface area contributed by atoms with Gasteiger partial charge in [-0.1, -0.05) is 36.4 Å². The van der Waals surface area contributed by atoms with Crippen molar-refractivity contribution >= 4 is 29.5 Å². The van der Waals surface area contributed by atoms with Crippen molar-refractivity contribution in [2.75, 3.05) is 6.54 Å². The van der Waals surface area contributed by atoms with Crippen molar-refractivity contribution in [1.82, 2.24) is 10.3 Å². The Bertz CT molecular complexity index is 667. The van der Waals surface area contributed by atoms with Crippen LogP contribution in [0.25, 0.3) is 6.08 Å². The molecule has 6 nitrogen and oxygen atoms in total. The van der Waals surface area contributed by atoms with Crippen LogP contribution in [0.5, 0.6) is 0 Å². The number of carboxylic acids is 1. The molecular formula is C15H14N2O4S. The molecule has 0 unspecified atom stereocenters.